The van der Waals surface area contributed by atoms with E-state index in [4.69, 9.17) is 6.42 Å². The maximum atomic E-state index is 5.21. The Kier molecular flexibility index (Phi) is 2.74. The second-order valence-corrected chi connectivity index (χ2v) is 3.09. The predicted molar refractivity (Wildman–Crippen MR) is 54.7 cm³/mol. The zero-order valence-electron chi connectivity index (χ0n) is 7.91. The maximum absolute atomic E-state index is 5.21. The Balaban J connectivity index is 2.92. The van der Waals surface area contributed by atoms with Gasteiger partial charge in [-0.1, -0.05) is 26.3 Å². The molecule has 0 radical (unpaired) electrons. The number of nitrogens with zero attached hydrogens (tertiary/aromatic N) is 2. The minimum Gasteiger partial charge on any atom is -0.225 e. The Hall–Kier alpha value is -1.71. The molecule has 0 aliphatic carbocycles. The molecule has 1 rings (SSSR count). The third-order valence-corrected chi connectivity index (χ3v) is 1.78. The van der Waals surface area contributed by atoms with Crippen molar-refractivity contribution in [3.05, 3.63) is 30.1 Å². The van der Waals surface area contributed by atoms with Gasteiger partial charge >= 0.3 is 0 Å². The molecular weight excluding hydrogens is 160 g/mol. The van der Waals surface area contributed by atoms with Crippen LogP contribution in [0.4, 0.5) is 0 Å². The van der Waals surface area contributed by atoms with Crippen LogP contribution in [0.1, 0.15) is 13.8 Å². The van der Waals surface area contributed by atoms with Gasteiger partial charge in [-0.2, -0.15) is 0 Å². The molecular formula is C11H12N2. The van der Waals surface area contributed by atoms with Crippen LogP contribution in [0.2, 0.25) is 0 Å². The van der Waals surface area contributed by atoms with Gasteiger partial charge in [0.2, 0.25) is 0 Å². The number of allylic oxidation sites excluding steroid dienone is 3. The minimum absolute atomic E-state index is 0.441. The van der Waals surface area contributed by atoms with Gasteiger partial charge in [-0.25, -0.2) is 5.01 Å². The van der Waals surface area contributed by atoms with Gasteiger partial charge in [0.25, 0.3) is 0 Å². The lowest BCUT2D eigenvalue weighted by atomic mass is 10.0. The van der Waals surface area contributed by atoms with Gasteiger partial charge in [-0.05, 0) is 11.5 Å². The largest absolute Gasteiger partial charge is 0.225 e. The molecule has 0 bridgehead atoms. The lowest BCUT2D eigenvalue weighted by Crippen LogP contribution is -2.11. The van der Waals surface area contributed by atoms with E-state index < -0.39 is 0 Å². The van der Waals surface area contributed by atoms with Gasteiger partial charge in [0.1, 0.15) is 5.70 Å². The summed E-state index contributed by atoms with van der Waals surface area (Å²) in [7, 11) is 0. The number of hydrogen-bond donors (Lipinski definition) is 0. The van der Waals surface area contributed by atoms with Crippen molar-refractivity contribution < 1.29 is 0 Å². The molecule has 0 fully saturated rings. The van der Waals surface area contributed by atoms with Crippen LogP contribution >= 0.6 is 0 Å². The van der Waals surface area contributed by atoms with Gasteiger partial charge < -0.3 is 0 Å². The van der Waals surface area contributed by atoms with Crippen LogP contribution in [0.15, 0.2) is 35.2 Å². The molecule has 0 aromatic rings. The first-order chi connectivity index (χ1) is 6.15. The van der Waals surface area contributed by atoms with E-state index in [2.05, 4.69) is 37.3 Å². The molecule has 1 aliphatic heterocycles. The summed E-state index contributed by atoms with van der Waals surface area (Å²) < 4.78 is 0. The maximum Gasteiger partial charge on any atom is 0.108 e. The molecule has 0 saturated heterocycles. The van der Waals surface area contributed by atoms with Crippen LogP contribution in [0.5, 0.6) is 0 Å². The zero-order chi connectivity index (χ0) is 9.84. The second kappa shape index (κ2) is 3.80. The predicted octanol–water partition coefficient (Wildman–Crippen LogP) is 2.13. The van der Waals surface area contributed by atoms with Gasteiger partial charge in [-0.15, -0.1) is 11.5 Å². The number of terminal acetylenes is 1. The van der Waals surface area contributed by atoms with Gasteiger partial charge in [0.15, 0.2) is 0 Å². The molecule has 0 amide bonds. The standard InChI is InChI=1S/C11H12N2/c1-5-10(4)13-8-11(9(2)3)6-7-12-13/h1,6,8-9H,4H2,2-3H3. The van der Waals surface area contributed by atoms with E-state index >= 15 is 0 Å². The Bertz CT molecular complexity index is 347. The van der Waals surface area contributed by atoms with Crippen molar-refractivity contribution >= 4 is 5.87 Å². The summed E-state index contributed by atoms with van der Waals surface area (Å²) >= 11 is 0. The molecule has 2 nitrogen and oxygen atoms in total. The molecule has 0 spiro atoms. The van der Waals surface area contributed by atoms with E-state index in [0.29, 0.717) is 11.6 Å². The summed E-state index contributed by atoms with van der Waals surface area (Å²) in [5.74, 6) is 5.66. The van der Waals surface area contributed by atoms with Gasteiger partial charge in [0, 0.05) is 18.1 Å². The fourth-order valence-corrected chi connectivity index (χ4v) is 0.893. The number of rotatable bonds is 2. The molecule has 0 atom stereocenters. The summed E-state index contributed by atoms with van der Waals surface area (Å²) in [6.45, 7) is 7.89. The van der Waals surface area contributed by atoms with Crippen molar-refractivity contribution in [3.8, 4) is 12.3 Å². The molecule has 0 aromatic heterocycles. The average molecular weight is 172 g/mol. The fraction of sp³-hybridized carbons (Fsp3) is 0.273. The second-order valence-electron chi connectivity index (χ2n) is 3.09. The summed E-state index contributed by atoms with van der Waals surface area (Å²) in [6.07, 6.45) is 8.94. The van der Waals surface area contributed by atoms with Crippen LogP contribution in [-0.4, -0.2) is 10.9 Å². The topological polar surface area (TPSA) is 15.6 Å². The SMILES string of the molecule is C#CC(=C)N1C=C(C(C)C)C=C=N1. The molecule has 1 heterocycles. The molecule has 0 N–H and O–H groups in total. The molecule has 2 heteroatoms. The first-order valence-corrected chi connectivity index (χ1v) is 4.11. The first kappa shape index (κ1) is 9.38. The third-order valence-electron chi connectivity index (χ3n) is 1.78. The monoisotopic (exact) mass is 172 g/mol. The highest BCUT2D eigenvalue weighted by Gasteiger charge is 2.07. The quantitative estimate of drug-likeness (QED) is 0.582. The zero-order valence-corrected chi connectivity index (χ0v) is 7.91. The Morgan fingerprint density at radius 1 is 1.77 bits per heavy atom. The van der Waals surface area contributed by atoms with E-state index in [9.17, 15) is 0 Å². The summed E-state index contributed by atoms with van der Waals surface area (Å²) in [6, 6.07) is 0. The number of hydrazone groups is 1. The van der Waals surface area contributed by atoms with Crippen molar-refractivity contribution in [2.24, 2.45) is 11.0 Å². The van der Waals surface area contributed by atoms with Crippen LogP contribution in [0.25, 0.3) is 0 Å². The van der Waals surface area contributed by atoms with Crippen LogP contribution < -0.4 is 0 Å². The van der Waals surface area contributed by atoms with Crippen LogP contribution in [0, 0.1) is 18.3 Å². The van der Waals surface area contributed by atoms with E-state index in [0.717, 1.165) is 5.57 Å². The Morgan fingerprint density at radius 2 is 2.46 bits per heavy atom. The third kappa shape index (κ3) is 2.11. The smallest absolute Gasteiger partial charge is 0.108 e. The number of hydrogen-bond acceptors (Lipinski definition) is 2. The van der Waals surface area contributed by atoms with Crippen molar-refractivity contribution in [1.82, 2.24) is 5.01 Å². The normalized spacial score (nSPS) is 14.3. The van der Waals surface area contributed by atoms with Gasteiger partial charge in [-0.3, -0.25) is 0 Å². The average Bonchev–Trinajstić information content (AvgIpc) is 2.17. The van der Waals surface area contributed by atoms with E-state index in [1.54, 1.807) is 5.01 Å². The first-order valence-electron chi connectivity index (χ1n) is 4.11. The lowest BCUT2D eigenvalue weighted by Gasteiger charge is -2.16. The van der Waals surface area contributed by atoms with Crippen molar-refractivity contribution in [2.75, 3.05) is 0 Å². The van der Waals surface area contributed by atoms with E-state index in [-0.39, 0.29) is 0 Å². The van der Waals surface area contributed by atoms with E-state index in [1.165, 1.54) is 0 Å². The van der Waals surface area contributed by atoms with Gasteiger partial charge in [0.05, 0.1) is 0 Å². The Morgan fingerprint density at radius 3 is 3.00 bits per heavy atom. The van der Waals surface area contributed by atoms with Crippen molar-refractivity contribution in [2.45, 2.75) is 13.8 Å². The van der Waals surface area contributed by atoms with Crippen molar-refractivity contribution in [1.29, 1.82) is 0 Å². The van der Waals surface area contributed by atoms with Crippen molar-refractivity contribution in [3.63, 3.8) is 0 Å². The van der Waals surface area contributed by atoms with E-state index in [1.807, 2.05) is 12.3 Å². The molecule has 0 saturated carbocycles. The highest BCUT2D eigenvalue weighted by Crippen LogP contribution is 2.16. The molecule has 1 aliphatic rings. The molecule has 13 heavy (non-hydrogen) atoms. The minimum atomic E-state index is 0.441. The summed E-state index contributed by atoms with van der Waals surface area (Å²) in [5, 5.41) is 5.51. The lowest BCUT2D eigenvalue weighted by molar-refractivity contribution is 0.510. The van der Waals surface area contributed by atoms with Crippen LogP contribution in [-0.2, 0) is 0 Å². The molecule has 0 unspecified atom stereocenters. The molecule has 0 aromatic carbocycles. The summed E-state index contributed by atoms with van der Waals surface area (Å²) in [5.41, 5.74) is 1.67. The molecule has 66 valence electrons. The Labute approximate surface area is 78.9 Å². The highest BCUT2D eigenvalue weighted by atomic mass is 15.4. The van der Waals surface area contributed by atoms with Crippen LogP contribution in [0.3, 0.4) is 0 Å². The fourth-order valence-electron chi connectivity index (χ4n) is 0.893. The summed E-state index contributed by atoms with van der Waals surface area (Å²) in [4.78, 5) is 0. The highest BCUT2D eigenvalue weighted by molar-refractivity contribution is 5.59.